The number of anilines is 4. The number of aliphatic hydroxyl groups excluding tert-OH is 1. The van der Waals surface area contributed by atoms with Gasteiger partial charge in [0.2, 0.25) is 0 Å². The summed E-state index contributed by atoms with van der Waals surface area (Å²) < 4.78 is 29.7. The molecule has 628 valence electrons. The summed E-state index contributed by atoms with van der Waals surface area (Å²) in [5, 5.41) is 125. The molecular formula is C81H80N40O4. The molecule has 16 aromatic heterocycles. The first kappa shape index (κ1) is 81.0. The molecule has 4 saturated carbocycles. The molecule has 0 unspecified atom stereocenters. The Morgan fingerprint density at radius 2 is 0.896 bits per heavy atom. The van der Waals surface area contributed by atoms with Crippen LogP contribution in [0.1, 0.15) is 100 Å². The predicted molar refractivity (Wildman–Crippen MR) is 445 cm³/mol. The maximum atomic E-state index is 11.4. The molecule has 1 amide bonds. The molecule has 20 rings (SSSR count). The summed E-state index contributed by atoms with van der Waals surface area (Å²) in [5.41, 5.74) is 41.9. The molecule has 0 saturated heterocycles. The van der Waals surface area contributed by atoms with Crippen LogP contribution in [0.5, 0.6) is 0 Å². The lowest BCUT2D eigenvalue weighted by Gasteiger charge is -2.50. The van der Waals surface area contributed by atoms with Crippen LogP contribution in [0.2, 0.25) is 0 Å². The number of rotatable bonds is 20. The van der Waals surface area contributed by atoms with Gasteiger partial charge in [0.15, 0.2) is 23.3 Å². The number of nitrogens with zero attached hydrogens (tertiary/aromatic N) is 34. The van der Waals surface area contributed by atoms with E-state index in [0.29, 0.717) is 172 Å². The Kier molecular flexibility index (Phi) is 20.5. The second-order valence-electron chi connectivity index (χ2n) is 32.1. The Bertz CT molecular complexity index is 7110. The van der Waals surface area contributed by atoms with Crippen LogP contribution >= 0.6 is 0 Å². The number of aromatic nitrogens is 29. The van der Waals surface area contributed by atoms with E-state index in [0.717, 1.165) is 27.6 Å². The number of nitrogens with two attached hydrogens (primary N) is 5. The summed E-state index contributed by atoms with van der Waals surface area (Å²) in [6.45, 7) is 1.70. The van der Waals surface area contributed by atoms with E-state index in [1.807, 2.05) is 75.4 Å². The molecule has 16 aromatic rings. The average Bonchev–Trinajstić information content (AvgIpc) is 1.66. The number of methoxy groups -OCH3 is 2. The molecule has 16 heterocycles. The van der Waals surface area contributed by atoms with E-state index in [4.69, 9.17) is 58.1 Å². The van der Waals surface area contributed by atoms with Gasteiger partial charge in [0.05, 0.1) is 238 Å². The van der Waals surface area contributed by atoms with Crippen molar-refractivity contribution in [2.75, 3.05) is 37.2 Å². The van der Waals surface area contributed by atoms with Gasteiger partial charge in [-0.25, -0.2) is 38.0 Å². The first-order chi connectivity index (χ1) is 60.3. The number of primary amides is 1. The Morgan fingerprint density at radius 1 is 0.488 bits per heavy atom. The second-order valence-corrected chi connectivity index (χ2v) is 32.1. The fourth-order valence-electron chi connectivity index (χ4n) is 17.3. The quantitative estimate of drug-likeness (QED) is 0.0423. The SMILES string of the molecule is COC1CC(CC#N)(n2cc(-c3nc(-c4cc(C(N)=O)[nH]n4)cn4nccc34)c(N)n2)C1.COC1CC(CC#N)(n2cc(-c3nc(-c4cn(C)nc4CO)cn4nccc34)c(N)n2)C1.Cn1cc(-c2cn3nccc3c(-c3cn(C4(CC#N)CC(C#N)C4)nc3N)n2)nn1.Cn1cc(-c2cn3nccc3c(-c3cn(C4(CC#N)CC(C)(C#N)C4)nc3N)n2)cn1. The first-order valence-electron chi connectivity index (χ1n) is 39.3. The number of aliphatic hydroxyl groups is 1. The smallest absolute Gasteiger partial charge is 0.266 e. The van der Waals surface area contributed by atoms with Gasteiger partial charge >= 0.3 is 0 Å². The fraction of sp³-hybridized carbons (Fsp3) is 0.333. The molecule has 12 N–H and O–H groups in total. The van der Waals surface area contributed by atoms with Crippen molar-refractivity contribution in [1.29, 1.82) is 31.6 Å². The zero-order valence-electron chi connectivity index (χ0n) is 68.3. The normalized spacial score (nSPS) is 21.0. The lowest BCUT2D eigenvalue weighted by molar-refractivity contribution is -0.0542. The molecule has 125 heavy (non-hydrogen) atoms. The van der Waals surface area contributed by atoms with Gasteiger partial charge in [-0.2, -0.15) is 87.7 Å². The van der Waals surface area contributed by atoms with E-state index in [1.54, 1.807) is 141 Å². The molecule has 0 atom stereocenters. The van der Waals surface area contributed by atoms with Gasteiger partial charge in [-0.3, -0.25) is 42.7 Å². The number of H-pyrrole nitrogens is 1. The van der Waals surface area contributed by atoms with Crippen LogP contribution in [-0.2, 0) is 59.4 Å². The number of aromatic amines is 1. The lowest BCUT2D eigenvalue weighted by atomic mass is 9.58. The van der Waals surface area contributed by atoms with E-state index in [-0.39, 0.29) is 49.1 Å². The molecule has 44 nitrogen and oxygen atoms in total. The highest BCUT2D eigenvalue weighted by atomic mass is 16.5. The number of nitrogen functional groups attached to an aromatic ring is 4. The molecule has 0 bridgehead atoms. The number of fused-ring (bicyclic) bond motifs is 4. The van der Waals surface area contributed by atoms with Crippen molar-refractivity contribution >= 4 is 51.2 Å². The van der Waals surface area contributed by atoms with E-state index in [1.165, 1.54) is 6.07 Å². The van der Waals surface area contributed by atoms with Gasteiger partial charge in [0, 0.05) is 83.7 Å². The zero-order valence-corrected chi connectivity index (χ0v) is 68.3. The fourth-order valence-corrected chi connectivity index (χ4v) is 17.3. The number of hydrogen-bond donors (Lipinski definition) is 7. The molecule has 0 aliphatic heterocycles. The third kappa shape index (κ3) is 14.5. The van der Waals surface area contributed by atoms with Crippen LogP contribution in [0.15, 0.2) is 129 Å². The summed E-state index contributed by atoms with van der Waals surface area (Å²) in [7, 11) is 8.76. The third-order valence-corrected chi connectivity index (χ3v) is 23.7. The molecular weight excluding hydrogens is 1600 g/mol. The molecule has 0 aromatic carbocycles. The van der Waals surface area contributed by atoms with Gasteiger partial charge < -0.3 is 43.2 Å². The van der Waals surface area contributed by atoms with Crippen molar-refractivity contribution in [2.45, 2.75) is 125 Å². The van der Waals surface area contributed by atoms with E-state index >= 15 is 0 Å². The highest BCUT2D eigenvalue weighted by Gasteiger charge is 2.55. The lowest BCUT2D eigenvalue weighted by Crippen LogP contribution is -2.51. The van der Waals surface area contributed by atoms with Crippen LogP contribution in [0.4, 0.5) is 23.3 Å². The highest BCUT2D eigenvalue weighted by molar-refractivity contribution is 5.92. The molecule has 0 radical (unpaired) electrons. The minimum absolute atomic E-state index is 0.0770. The van der Waals surface area contributed by atoms with Gasteiger partial charge in [-0.05, 0) is 88.6 Å². The summed E-state index contributed by atoms with van der Waals surface area (Å²) in [6.07, 6.45) is 34.7. The summed E-state index contributed by atoms with van der Waals surface area (Å²) in [6, 6.07) is 22.5. The maximum absolute atomic E-state index is 11.4. The second kappa shape index (κ2) is 31.6. The summed E-state index contributed by atoms with van der Waals surface area (Å²) in [4.78, 5) is 30.7. The molecule has 0 spiro atoms. The largest absolute Gasteiger partial charge is 0.390 e. The molecule has 4 fully saturated rings. The molecule has 4 aliphatic carbocycles. The number of amides is 1. The Labute approximate surface area is 709 Å². The first-order valence-corrected chi connectivity index (χ1v) is 39.3. The monoisotopic (exact) mass is 1680 g/mol. The topological polar surface area (TPSA) is 616 Å². The minimum Gasteiger partial charge on any atom is -0.390 e. The van der Waals surface area contributed by atoms with Crippen molar-refractivity contribution in [3.05, 3.63) is 141 Å². The Hall–Kier alpha value is -16.4. The van der Waals surface area contributed by atoms with Crippen molar-refractivity contribution < 1.29 is 19.4 Å². The molecule has 44 heteroatoms. The number of ether oxygens (including phenoxy) is 2. The number of hydrogen-bond acceptors (Lipinski definition) is 31. The maximum Gasteiger partial charge on any atom is 0.266 e. The number of aryl methyl sites for hydroxylation is 3. The van der Waals surface area contributed by atoms with Crippen LogP contribution < -0.4 is 28.7 Å². The van der Waals surface area contributed by atoms with Crippen LogP contribution in [0.25, 0.3) is 112 Å². The Balaban J connectivity index is 0.000000118. The molecule has 4 aliphatic rings. The number of nitriles is 6. The number of carbonyl (C=O) groups excluding carboxylic acids is 1. The average molecular weight is 1680 g/mol. The summed E-state index contributed by atoms with van der Waals surface area (Å²) >= 11 is 0. The van der Waals surface area contributed by atoms with E-state index in [9.17, 15) is 41.5 Å². The van der Waals surface area contributed by atoms with Crippen LogP contribution in [0.3, 0.4) is 0 Å². The third-order valence-electron chi connectivity index (χ3n) is 23.7. The van der Waals surface area contributed by atoms with E-state index in [2.05, 4.69) is 108 Å². The van der Waals surface area contributed by atoms with Gasteiger partial charge in [-0.1, -0.05) is 5.21 Å². The van der Waals surface area contributed by atoms with E-state index < -0.39 is 33.5 Å². The van der Waals surface area contributed by atoms with Crippen LogP contribution in [0, 0.1) is 79.3 Å². The van der Waals surface area contributed by atoms with Gasteiger partial charge in [0.1, 0.15) is 51.2 Å². The van der Waals surface area contributed by atoms with Crippen molar-refractivity contribution in [3.63, 3.8) is 0 Å². The number of carbonyl (C=O) groups is 1. The van der Waals surface area contributed by atoms with Gasteiger partial charge in [-0.15, -0.1) is 5.10 Å². The van der Waals surface area contributed by atoms with Crippen molar-refractivity contribution in [3.8, 4) is 127 Å². The predicted octanol–water partition coefficient (Wildman–Crippen LogP) is 6.59. The zero-order chi connectivity index (χ0) is 87.6. The highest BCUT2D eigenvalue weighted by Crippen LogP contribution is 2.55. The van der Waals surface area contributed by atoms with Crippen molar-refractivity contribution in [2.24, 2.45) is 38.2 Å². The summed E-state index contributed by atoms with van der Waals surface area (Å²) in [5.74, 6) is 0.542. The minimum atomic E-state index is -0.618. The number of nitrogens with one attached hydrogen (secondary N) is 1. The van der Waals surface area contributed by atoms with Gasteiger partial charge in [0.25, 0.3) is 5.91 Å². The van der Waals surface area contributed by atoms with Crippen LogP contribution in [-0.4, -0.2) is 180 Å². The van der Waals surface area contributed by atoms with Crippen molar-refractivity contribution in [1.82, 2.24) is 142 Å². The Morgan fingerprint density at radius 3 is 1.28 bits per heavy atom. The standard InChI is InChI=1S/C21H20N10.C21H23N9O2.C20H20N10O2.C19H17N11/c1-20(13-23)11-21(12-20,4-5-22)31-9-15(19(24)28-31)18-17-3-6-25-30(17)10-16(27-18)14-7-26-29(2)8-14;1-28-9-14(17(12-31)26-28)16-11-29-18(3-6-24-29)19(25-16)15-10-30(27-20(15)23)21(4-5-22)7-13(8-21)32-2;1-32-11-7-20(8-11,3-4-21)30-9-12(18(22)28-30)17-16-2-5-24-29(16)10-15(25-17)13-6-14(19(23)31)27-26-13;1-28-10-15(25-27-28)14-11-29-16(2-5-23-29)17(24-14)13-9-30(26-18(13)22)19(3-4-20)6-12(7-19)8-21/h3,6-10H,4,11-12H2,1-2H3,(H2,24,28);3,6,9-11,13,31H,4,7-8,12H2,1-2H3,(H2,23,27);2,5-6,9-11H,3,7-8H2,1H3,(H2,22,28)(H2,23,31)(H,26,27);2,5,9-12H,3,6-7H2,1H3,(H2,22,26).